The molecule has 0 amide bonds. The van der Waals surface area contributed by atoms with Gasteiger partial charge in [0.2, 0.25) is 0 Å². The average molecular weight is 262 g/mol. The van der Waals surface area contributed by atoms with Crippen LogP contribution in [0.4, 0.5) is 0 Å². The molecule has 2 nitrogen and oxygen atoms in total. The second kappa shape index (κ2) is 4.73. The zero-order valence-corrected chi connectivity index (χ0v) is 12.5. The normalized spacial score (nSPS) is 48.2. The van der Waals surface area contributed by atoms with Gasteiger partial charge in [-0.2, -0.15) is 0 Å². The van der Waals surface area contributed by atoms with E-state index in [0.717, 1.165) is 23.8 Å². The maximum atomic E-state index is 3.56. The molecule has 0 aromatic carbocycles. The summed E-state index contributed by atoms with van der Waals surface area (Å²) in [5.74, 6) is 3.29. The van der Waals surface area contributed by atoms with Crippen molar-refractivity contribution < 1.29 is 0 Å². The monoisotopic (exact) mass is 262 g/mol. The molecule has 5 aliphatic rings. The van der Waals surface area contributed by atoms with Gasteiger partial charge in [-0.3, -0.25) is 4.90 Å². The van der Waals surface area contributed by atoms with Crippen LogP contribution in [0.3, 0.4) is 0 Å². The van der Waals surface area contributed by atoms with E-state index in [-0.39, 0.29) is 0 Å². The zero-order chi connectivity index (χ0) is 12.9. The molecule has 1 aliphatic heterocycles. The molecule has 4 saturated carbocycles. The average Bonchev–Trinajstić information content (AvgIpc) is 2.65. The van der Waals surface area contributed by atoms with Gasteiger partial charge in [0.1, 0.15) is 0 Å². The maximum absolute atomic E-state index is 3.56. The van der Waals surface area contributed by atoms with Crippen LogP contribution in [-0.4, -0.2) is 37.1 Å². The van der Waals surface area contributed by atoms with Crippen LogP contribution < -0.4 is 5.32 Å². The van der Waals surface area contributed by atoms with E-state index in [2.05, 4.69) is 17.1 Å². The summed E-state index contributed by atoms with van der Waals surface area (Å²) < 4.78 is 0. The van der Waals surface area contributed by atoms with Crippen LogP contribution in [0.15, 0.2) is 0 Å². The first-order valence-electron chi connectivity index (χ1n) is 8.70. The van der Waals surface area contributed by atoms with Gasteiger partial charge in [-0.15, -0.1) is 0 Å². The predicted octanol–water partition coefficient (Wildman–Crippen LogP) is 2.89. The van der Waals surface area contributed by atoms with Gasteiger partial charge in [-0.05, 0) is 88.1 Å². The second-order valence-corrected chi connectivity index (χ2v) is 8.10. The quantitative estimate of drug-likeness (QED) is 0.823. The Balaban J connectivity index is 1.53. The zero-order valence-electron chi connectivity index (χ0n) is 12.5. The van der Waals surface area contributed by atoms with Gasteiger partial charge in [0.15, 0.2) is 0 Å². The van der Waals surface area contributed by atoms with Crippen molar-refractivity contribution in [2.24, 2.45) is 23.2 Å². The molecule has 0 aromatic heterocycles. The summed E-state index contributed by atoms with van der Waals surface area (Å²) in [4.78, 5) is 2.83. The first kappa shape index (κ1) is 12.6. The molecule has 0 aromatic rings. The predicted molar refractivity (Wildman–Crippen MR) is 79.1 cm³/mol. The number of hydrogen-bond donors (Lipinski definition) is 1. The van der Waals surface area contributed by atoms with E-state index in [9.17, 15) is 0 Å². The van der Waals surface area contributed by atoms with Gasteiger partial charge >= 0.3 is 0 Å². The largest absolute Gasteiger partial charge is 0.315 e. The highest BCUT2D eigenvalue weighted by molar-refractivity contribution is 5.05. The third kappa shape index (κ3) is 2.15. The molecule has 1 atom stereocenters. The molecule has 4 aliphatic carbocycles. The number of rotatable bonds is 2. The van der Waals surface area contributed by atoms with Crippen molar-refractivity contribution in [1.29, 1.82) is 0 Å². The van der Waals surface area contributed by atoms with Gasteiger partial charge < -0.3 is 5.32 Å². The first-order chi connectivity index (χ1) is 9.25. The third-order valence-electron chi connectivity index (χ3n) is 6.89. The van der Waals surface area contributed by atoms with E-state index in [0.29, 0.717) is 5.41 Å². The van der Waals surface area contributed by atoms with E-state index in [4.69, 9.17) is 0 Å². The number of nitrogens with zero attached hydrogens (tertiary/aromatic N) is 1. The Labute approximate surface area is 118 Å². The molecule has 5 fully saturated rings. The minimum Gasteiger partial charge on any atom is -0.315 e. The molecule has 1 unspecified atom stereocenters. The lowest BCUT2D eigenvalue weighted by atomic mass is 9.47. The van der Waals surface area contributed by atoms with Gasteiger partial charge in [-0.1, -0.05) is 0 Å². The lowest BCUT2D eigenvalue weighted by molar-refractivity contribution is -0.0956. The SMILES string of the molecule is CC(N1CCCNCC1)C12CC3CC(CC(C3)C1)C2. The van der Waals surface area contributed by atoms with E-state index < -0.39 is 0 Å². The van der Waals surface area contributed by atoms with Crippen molar-refractivity contribution in [2.45, 2.75) is 57.9 Å². The van der Waals surface area contributed by atoms with E-state index in [1.165, 1.54) is 32.6 Å². The highest BCUT2D eigenvalue weighted by Gasteiger charge is 2.53. The summed E-state index contributed by atoms with van der Waals surface area (Å²) in [6.07, 6.45) is 10.8. The number of nitrogens with one attached hydrogen (secondary N) is 1. The van der Waals surface area contributed by atoms with Crippen LogP contribution in [0.1, 0.15) is 51.9 Å². The first-order valence-corrected chi connectivity index (χ1v) is 8.70. The summed E-state index contributed by atoms with van der Waals surface area (Å²) in [6.45, 7) is 7.61. The molecule has 108 valence electrons. The lowest BCUT2D eigenvalue weighted by Gasteiger charge is -2.60. The highest BCUT2D eigenvalue weighted by Crippen LogP contribution is 2.61. The van der Waals surface area contributed by atoms with Crippen LogP contribution in [-0.2, 0) is 0 Å². The molecule has 1 N–H and O–H groups in total. The van der Waals surface area contributed by atoms with E-state index in [1.807, 2.05) is 0 Å². The Kier molecular flexibility index (Phi) is 3.15. The molecule has 0 radical (unpaired) electrons. The third-order valence-corrected chi connectivity index (χ3v) is 6.89. The van der Waals surface area contributed by atoms with Gasteiger partial charge in [0.25, 0.3) is 0 Å². The highest BCUT2D eigenvalue weighted by atomic mass is 15.2. The molecule has 4 bridgehead atoms. The number of hydrogen-bond acceptors (Lipinski definition) is 2. The fourth-order valence-corrected chi connectivity index (χ4v) is 6.33. The Morgan fingerprint density at radius 1 is 0.947 bits per heavy atom. The molecule has 1 heterocycles. The van der Waals surface area contributed by atoms with Crippen LogP contribution in [0, 0.1) is 23.2 Å². The van der Waals surface area contributed by atoms with Crippen molar-refractivity contribution in [2.75, 3.05) is 26.2 Å². The Bertz CT molecular complexity index is 295. The Morgan fingerprint density at radius 2 is 1.58 bits per heavy atom. The Hall–Kier alpha value is -0.0800. The van der Waals surface area contributed by atoms with Crippen molar-refractivity contribution in [3.8, 4) is 0 Å². The van der Waals surface area contributed by atoms with Crippen LogP contribution in [0.5, 0.6) is 0 Å². The summed E-state index contributed by atoms with van der Waals surface area (Å²) in [5, 5.41) is 3.56. The Morgan fingerprint density at radius 3 is 2.21 bits per heavy atom. The van der Waals surface area contributed by atoms with Gasteiger partial charge in [0, 0.05) is 19.1 Å². The molecular formula is C17H30N2. The summed E-state index contributed by atoms with van der Waals surface area (Å²) in [6, 6.07) is 0.834. The van der Waals surface area contributed by atoms with Crippen LogP contribution >= 0.6 is 0 Å². The molecule has 1 saturated heterocycles. The van der Waals surface area contributed by atoms with Crippen molar-refractivity contribution in [1.82, 2.24) is 10.2 Å². The van der Waals surface area contributed by atoms with Crippen molar-refractivity contribution >= 4 is 0 Å². The molecule has 0 spiro atoms. The fraction of sp³-hybridized carbons (Fsp3) is 1.00. The summed E-state index contributed by atoms with van der Waals surface area (Å²) >= 11 is 0. The minimum atomic E-state index is 0.707. The summed E-state index contributed by atoms with van der Waals surface area (Å²) in [5.41, 5.74) is 0.707. The van der Waals surface area contributed by atoms with Crippen molar-refractivity contribution in [3.63, 3.8) is 0 Å². The van der Waals surface area contributed by atoms with Crippen molar-refractivity contribution in [3.05, 3.63) is 0 Å². The maximum Gasteiger partial charge on any atom is 0.0124 e. The van der Waals surface area contributed by atoms with Crippen LogP contribution in [0.2, 0.25) is 0 Å². The fourth-order valence-electron chi connectivity index (χ4n) is 6.33. The molecule has 2 heteroatoms. The second-order valence-electron chi connectivity index (χ2n) is 8.10. The smallest absolute Gasteiger partial charge is 0.0124 e. The molecule has 5 rings (SSSR count). The van der Waals surface area contributed by atoms with Gasteiger partial charge in [0.05, 0.1) is 0 Å². The topological polar surface area (TPSA) is 15.3 Å². The summed E-state index contributed by atoms with van der Waals surface area (Å²) in [7, 11) is 0. The molecule has 19 heavy (non-hydrogen) atoms. The van der Waals surface area contributed by atoms with E-state index >= 15 is 0 Å². The van der Waals surface area contributed by atoms with Gasteiger partial charge in [-0.25, -0.2) is 0 Å². The minimum absolute atomic E-state index is 0.707. The van der Waals surface area contributed by atoms with Crippen LogP contribution in [0.25, 0.3) is 0 Å². The van der Waals surface area contributed by atoms with E-state index in [1.54, 1.807) is 38.5 Å². The lowest BCUT2D eigenvalue weighted by Crippen LogP contribution is -2.56. The standard InChI is InChI=1S/C17H30N2/c1-13(19-5-2-3-18-4-6-19)17-10-14-7-15(11-17)9-16(8-14)12-17/h13-16,18H,2-12H2,1H3. The molecular weight excluding hydrogens is 232 g/mol.